The molecule has 1 aliphatic heterocycles. The monoisotopic (exact) mass is 430 g/mol. The van der Waals surface area contributed by atoms with Crippen molar-refractivity contribution in [1.82, 2.24) is 29.3 Å². The van der Waals surface area contributed by atoms with Crippen molar-refractivity contribution in [1.29, 1.82) is 0 Å². The van der Waals surface area contributed by atoms with Gasteiger partial charge in [-0.1, -0.05) is 12.1 Å². The fourth-order valence-electron chi connectivity index (χ4n) is 4.05. The first-order valence-corrected chi connectivity index (χ1v) is 10.5. The van der Waals surface area contributed by atoms with Gasteiger partial charge in [0.05, 0.1) is 24.8 Å². The second kappa shape index (κ2) is 8.37. The fourth-order valence-corrected chi connectivity index (χ4v) is 4.05. The average Bonchev–Trinajstić information content (AvgIpc) is 3.43. The number of hydrogen-bond acceptors (Lipinski definition) is 5. The standard InChI is InChI=1S/C24H23FN6O/c1-16-14-30(15-26-16)21-11-9-19(27-24(21)32-2)10-12-22-28-23-20(4-3-13-31(23)29-22)17-5-7-18(25)8-6-17/h5-12,14-15,20H,3-4,13H2,1-2H3/t20-/m0/s1. The van der Waals surface area contributed by atoms with E-state index in [0.29, 0.717) is 11.7 Å². The number of hydrogen-bond donors (Lipinski definition) is 0. The smallest absolute Gasteiger partial charge is 0.238 e. The Hall–Kier alpha value is -3.81. The minimum Gasteiger partial charge on any atom is -0.479 e. The number of halogens is 1. The largest absolute Gasteiger partial charge is 0.479 e. The predicted molar refractivity (Wildman–Crippen MR) is 119 cm³/mol. The van der Waals surface area contributed by atoms with Crippen molar-refractivity contribution in [3.63, 3.8) is 0 Å². The molecule has 1 aliphatic rings. The van der Waals surface area contributed by atoms with E-state index in [0.717, 1.165) is 47.8 Å². The van der Waals surface area contributed by atoms with Crippen LogP contribution in [0.4, 0.5) is 4.39 Å². The predicted octanol–water partition coefficient (Wildman–Crippen LogP) is 4.41. The topological polar surface area (TPSA) is 70.7 Å². The molecular formula is C24H23FN6O. The van der Waals surface area contributed by atoms with Crippen LogP contribution in [0.3, 0.4) is 0 Å². The number of pyridine rings is 1. The van der Waals surface area contributed by atoms with E-state index in [4.69, 9.17) is 9.72 Å². The van der Waals surface area contributed by atoms with Crippen molar-refractivity contribution in [2.45, 2.75) is 32.2 Å². The lowest BCUT2D eigenvalue weighted by atomic mass is 9.91. The Morgan fingerprint density at radius 2 is 1.94 bits per heavy atom. The van der Waals surface area contributed by atoms with E-state index in [-0.39, 0.29) is 11.7 Å². The molecule has 8 heteroatoms. The number of methoxy groups -OCH3 is 1. The summed E-state index contributed by atoms with van der Waals surface area (Å²) < 4.78 is 22.7. The summed E-state index contributed by atoms with van der Waals surface area (Å²) in [6.45, 7) is 2.77. The zero-order valence-corrected chi connectivity index (χ0v) is 17.9. The molecule has 0 bridgehead atoms. The van der Waals surface area contributed by atoms with Crippen LogP contribution in [0.1, 0.15) is 47.4 Å². The maximum absolute atomic E-state index is 13.3. The molecule has 0 N–H and O–H groups in total. The molecule has 1 aromatic carbocycles. The highest BCUT2D eigenvalue weighted by Crippen LogP contribution is 2.32. The zero-order valence-electron chi connectivity index (χ0n) is 17.9. The molecule has 0 fully saturated rings. The summed E-state index contributed by atoms with van der Waals surface area (Å²) in [6.07, 6.45) is 9.38. The molecule has 0 aliphatic carbocycles. The summed E-state index contributed by atoms with van der Waals surface area (Å²) in [6, 6.07) is 10.5. The molecule has 32 heavy (non-hydrogen) atoms. The van der Waals surface area contributed by atoms with Gasteiger partial charge in [0, 0.05) is 18.7 Å². The molecule has 4 heterocycles. The minimum atomic E-state index is -0.230. The number of aromatic nitrogens is 6. The third-order valence-electron chi connectivity index (χ3n) is 5.61. The van der Waals surface area contributed by atoms with Crippen LogP contribution < -0.4 is 4.74 Å². The van der Waals surface area contributed by atoms with Crippen molar-refractivity contribution < 1.29 is 9.13 Å². The lowest BCUT2D eigenvalue weighted by molar-refractivity contribution is 0.395. The minimum absolute atomic E-state index is 0.120. The second-order valence-corrected chi connectivity index (χ2v) is 7.82. The Kier molecular flexibility index (Phi) is 5.26. The summed E-state index contributed by atoms with van der Waals surface area (Å²) in [5.74, 6) is 1.95. The Bertz CT molecular complexity index is 1270. The molecule has 5 rings (SSSR count). The number of benzene rings is 1. The summed E-state index contributed by atoms with van der Waals surface area (Å²) in [5.41, 5.74) is 3.55. The van der Waals surface area contributed by atoms with Gasteiger partial charge in [-0.3, -0.25) is 0 Å². The number of aryl methyl sites for hydroxylation is 2. The molecule has 3 aromatic heterocycles. The van der Waals surface area contributed by atoms with Crippen molar-refractivity contribution in [2.75, 3.05) is 7.11 Å². The summed E-state index contributed by atoms with van der Waals surface area (Å²) in [5, 5.41) is 4.64. The van der Waals surface area contributed by atoms with Gasteiger partial charge in [0.15, 0.2) is 5.82 Å². The number of imidazole rings is 1. The number of fused-ring (bicyclic) bond motifs is 1. The van der Waals surface area contributed by atoms with Crippen LogP contribution in [0.2, 0.25) is 0 Å². The molecule has 7 nitrogen and oxygen atoms in total. The summed E-state index contributed by atoms with van der Waals surface area (Å²) in [4.78, 5) is 13.6. The first-order chi connectivity index (χ1) is 15.6. The normalized spacial score (nSPS) is 15.8. The van der Waals surface area contributed by atoms with Gasteiger partial charge >= 0.3 is 0 Å². The van der Waals surface area contributed by atoms with E-state index >= 15 is 0 Å². The SMILES string of the molecule is COc1nc(C=Cc2nc3n(n2)CCC[C@H]3c2ccc(F)cc2)ccc1-n1cnc(C)c1. The number of rotatable bonds is 5. The molecule has 0 saturated heterocycles. The molecular weight excluding hydrogens is 407 g/mol. The second-order valence-electron chi connectivity index (χ2n) is 7.82. The molecule has 1 atom stereocenters. The van der Waals surface area contributed by atoms with Crippen LogP contribution in [0.15, 0.2) is 48.9 Å². The van der Waals surface area contributed by atoms with E-state index in [2.05, 4.69) is 15.1 Å². The third kappa shape index (κ3) is 3.91. The van der Waals surface area contributed by atoms with Crippen molar-refractivity contribution in [3.8, 4) is 11.6 Å². The maximum Gasteiger partial charge on any atom is 0.238 e. The van der Waals surface area contributed by atoms with Crippen LogP contribution in [-0.4, -0.2) is 36.4 Å². The molecule has 0 radical (unpaired) electrons. The van der Waals surface area contributed by atoms with Crippen molar-refractivity contribution in [3.05, 3.63) is 83.3 Å². The van der Waals surface area contributed by atoms with Gasteiger partial charge in [-0.05, 0) is 61.7 Å². The van der Waals surface area contributed by atoms with E-state index < -0.39 is 0 Å². The first-order valence-electron chi connectivity index (χ1n) is 10.5. The van der Waals surface area contributed by atoms with Gasteiger partial charge < -0.3 is 9.30 Å². The lowest BCUT2D eigenvalue weighted by Gasteiger charge is -2.22. The van der Waals surface area contributed by atoms with Gasteiger partial charge in [-0.2, -0.15) is 5.10 Å². The molecule has 4 aromatic rings. The van der Waals surface area contributed by atoms with Crippen molar-refractivity contribution in [2.24, 2.45) is 0 Å². The average molecular weight is 430 g/mol. The Labute approximate surface area is 185 Å². The zero-order chi connectivity index (χ0) is 22.1. The van der Waals surface area contributed by atoms with E-state index in [1.807, 2.05) is 58.8 Å². The molecule has 0 amide bonds. The lowest BCUT2D eigenvalue weighted by Crippen LogP contribution is -2.17. The van der Waals surface area contributed by atoms with E-state index in [1.165, 1.54) is 12.1 Å². The Balaban J connectivity index is 1.40. The van der Waals surface area contributed by atoms with Gasteiger partial charge in [-0.15, -0.1) is 0 Å². The summed E-state index contributed by atoms with van der Waals surface area (Å²) >= 11 is 0. The van der Waals surface area contributed by atoms with Gasteiger partial charge in [0.25, 0.3) is 0 Å². The highest BCUT2D eigenvalue weighted by atomic mass is 19.1. The fraction of sp³-hybridized carbons (Fsp3) is 0.250. The van der Waals surface area contributed by atoms with Gasteiger partial charge in [0.2, 0.25) is 5.88 Å². The van der Waals surface area contributed by atoms with E-state index in [9.17, 15) is 4.39 Å². The van der Waals surface area contributed by atoms with Crippen LogP contribution in [0.5, 0.6) is 5.88 Å². The van der Waals surface area contributed by atoms with Crippen molar-refractivity contribution >= 4 is 12.2 Å². The highest BCUT2D eigenvalue weighted by molar-refractivity contribution is 5.65. The number of nitrogens with zero attached hydrogens (tertiary/aromatic N) is 6. The van der Waals surface area contributed by atoms with Gasteiger partial charge in [-0.25, -0.2) is 24.0 Å². The Morgan fingerprint density at radius 3 is 2.69 bits per heavy atom. The van der Waals surface area contributed by atoms with Crippen LogP contribution in [-0.2, 0) is 6.54 Å². The quantitative estimate of drug-likeness (QED) is 0.469. The van der Waals surface area contributed by atoms with Gasteiger partial charge in [0.1, 0.15) is 17.3 Å². The number of ether oxygens (including phenoxy) is 1. The van der Waals surface area contributed by atoms with Crippen LogP contribution in [0.25, 0.3) is 17.8 Å². The van der Waals surface area contributed by atoms with Crippen LogP contribution in [0, 0.1) is 12.7 Å². The maximum atomic E-state index is 13.3. The highest BCUT2D eigenvalue weighted by Gasteiger charge is 2.25. The first kappa shape index (κ1) is 20.1. The van der Waals surface area contributed by atoms with Crippen LogP contribution >= 0.6 is 0 Å². The molecule has 0 unspecified atom stereocenters. The third-order valence-corrected chi connectivity index (χ3v) is 5.61. The molecule has 162 valence electrons. The summed E-state index contributed by atoms with van der Waals surface area (Å²) in [7, 11) is 1.60. The Morgan fingerprint density at radius 1 is 1.09 bits per heavy atom. The molecule has 0 spiro atoms. The van der Waals surface area contributed by atoms with E-state index in [1.54, 1.807) is 13.4 Å². The molecule has 0 saturated carbocycles.